The van der Waals surface area contributed by atoms with E-state index in [1.807, 2.05) is 6.08 Å². The van der Waals surface area contributed by atoms with Gasteiger partial charge in [0.05, 0.1) is 25.4 Å². The van der Waals surface area contributed by atoms with Crippen LogP contribution in [0, 0.1) is 0 Å². The van der Waals surface area contributed by atoms with E-state index in [2.05, 4.69) is 55.6 Å². The van der Waals surface area contributed by atoms with Crippen LogP contribution in [-0.4, -0.2) is 47.4 Å². The summed E-state index contributed by atoms with van der Waals surface area (Å²) in [4.78, 5) is 24.6. The molecule has 80 heavy (non-hydrogen) atoms. The average molecular weight is 1120 g/mol. The van der Waals surface area contributed by atoms with Crippen molar-refractivity contribution in [2.45, 2.75) is 398 Å². The SMILES string of the molecule is CCCCC/C=C\C/C=C\CCCCCCCCCC(=O)OCCCCCCCCCCCCC/C=C\CCCCCCCCCC(=O)NC(CO)C(O)/C=C/CCCCCCCCCCCCCCCCCCCCCCCC. The highest BCUT2D eigenvalue weighted by molar-refractivity contribution is 5.76. The van der Waals surface area contributed by atoms with Crippen LogP contribution in [0.5, 0.6) is 0 Å². The molecule has 0 spiro atoms. The van der Waals surface area contributed by atoms with Gasteiger partial charge in [-0.25, -0.2) is 0 Å². The second-order valence-electron chi connectivity index (χ2n) is 24.6. The van der Waals surface area contributed by atoms with E-state index in [9.17, 15) is 19.8 Å². The standard InChI is InChI=1S/C74H139NO5/c1-3-5-7-9-11-13-15-17-19-21-22-23-24-25-28-31-35-38-42-46-50-54-58-62-66-72(77)71(70-76)75-73(78)67-63-59-55-51-47-43-39-36-32-29-26-27-30-33-37-41-45-49-53-57-61-65-69-80-74(79)68-64-60-56-52-48-44-40-34-20-18-16-14-12-10-8-6-4-2/h12,14,18,20,29,32,62,66,71-72,76-77H,3-11,13,15-17,19,21-28,30-31,33-61,63-65,67-70H2,1-2H3,(H,75,78)/b14-12-,20-18-,32-29-,66-62+. The molecule has 0 aromatic heterocycles. The van der Waals surface area contributed by atoms with Gasteiger partial charge in [0, 0.05) is 12.8 Å². The third-order valence-electron chi connectivity index (χ3n) is 16.6. The van der Waals surface area contributed by atoms with Crippen molar-refractivity contribution in [2.24, 2.45) is 0 Å². The highest BCUT2D eigenvalue weighted by Gasteiger charge is 2.18. The minimum absolute atomic E-state index is 0.00200. The van der Waals surface area contributed by atoms with Crippen LogP contribution < -0.4 is 5.32 Å². The maximum Gasteiger partial charge on any atom is 0.305 e. The number of amides is 1. The number of carbonyl (C=O) groups excluding carboxylic acids is 2. The average Bonchev–Trinajstić information content (AvgIpc) is 3.46. The molecule has 0 rings (SSSR count). The molecule has 470 valence electrons. The van der Waals surface area contributed by atoms with Crippen LogP contribution in [0.15, 0.2) is 48.6 Å². The first-order valence-electron chi connectivity index (χ1n) is 35.9. The largest absolute Gasteiger partial charge is 0.466 e. The van der Waals surface area contributed by atoms with Crippen molar-refractivity contribution >= 4 is 11.9 Å². The van der Waals surface area contributed by atoms with E-state index < -0.39 is 12.1 Å². The molecule has 0 aromatic carbocycles. The molecule has 0 saturated carbocycles. The lowest BCUT2D eigenvalue weighted by molar-refractivity contribution is -0.143. The maximum atomic E-state index is 12.5. The zero-order valence-corrected chi connectivity index (χ0v) is 53.8. The van der Waals surface area contributed by atoms with E-state index >= 15 is 0 Å². The van der Waals surface area contributed by atoms with Gasteiger partial charge in [-0.15, -0.1) is 0 Å². The third kappa shape index (κ3) is 65.0. The van der Waals surface area contributed by atoms with E-state index in [0.29, 0.717) is 19.4 Å². The number of rotatable bonds is 67. The van der Waals surface area contributed by atoms with Crippen molar-refractivity contribution in [1.82, 2.24) is 5.32 Å². The van der Waals surface area contributed by atoms with E-state index in [4.69, 9.17) is 4.74 Å². The fraction of sp³-hybridized carbons (Fsp3) is 0.865. The Labute approximate surface area is 499 Å². The van der Waals surface area contributed by atoms with E-state index in [0.717, 1.165) is 57.8 Å². The van der Waals surface area contributed by atoms with Crippen LogP contribution in [0.2, 0.25) is 0 Å². The zero-order valence-electron chi connectivity index (χ0n) is 53.8. The molecule has 1 amide bonds. The lowest BCUT2D eigenvalue weighted by atomic mass is 10.0. The summed E-state index contributed by atoms with van der Waals surface area (Å²) in [5.74, 6) is -0.0697. The number of carbonyl (C=O) groups is 2. The Morgan fingerprint density at radius 1 is 0.350 bits per heavy atom. The van der Waals surface area contributed by atoms with Crippen LogP contribution >= 0.6 is 0 Å². The molecule has 0 bridgehead atoms. The highest BCUT2D eigenvalue weighted by Crippen LogP contribution is 2.18. The molecular weight excluding hydrogens is 983 g/mol. The summed E-state index contributed by atoms with van der Waals surface area (Å²) in [5, 5.41) is 23.3. The molecule has 0 aliphatic rings. The van der Waals surface area contributed by atoms with Gasteiger partial charge in [-0.05, 0) is 89.9 Å². The summed E-state index contributed by atoms with van der Waals surface area (Å²) in [6.07, 6.45) is 90.4. The van der Waals surface area contributed by atoms with Gasteiger partial charge < -0.3 is 20.3 Å². The Morgan fingerprint density at radius 3 is 0.988 bits per heavy atom. The normalized spacial score (nSPS) is 12.8. The number of ether oxygens (including phenoxy) is 1. The number of nitrogens with one attached hydrogen (secondary N) is 1. The predicted molar refractivity (Wildman–Crippen MR) is 352 cm³/mol. The van der Waals surface area contributed by atoms with E-state index in [1.54, 1.807) is 6.08 Å². The van der Waals surface area contributed by atoms with Gasteiger partial charge in [-0.3, -0.25) is 9.59 Å². The molecule has 3 N–H and O–H groups in total. The van der Waals surface area contributed by atoms with Gasteiger partial charge >= 0.3 is 5.97 Å². The molecule has 0 aromatic rings. The quantitative estimate of drug-likeness (QED) is 0.0320. The maximum absolute atomic E-state index is 12.5. The van der Waals surface area contributed by atoms with Gasteiger partial charge in [0.2, 0.25) is 5.91 Å². The van der Waals surface area contributed by atoms with Gasteiger partial charge in [0.15, 0.2) is 0 Å². The first kappa shape index (κ1) is 77.8. The van der Waals surface area contributed by atoms with Crippen molar-refractivity contribution in [3.63, 3.8) is 0 Å². The summed E-state index contributed by atoms with van der Waals surface area (Å²) < 4.78 is 5.49. The number of aliphatic hydroxyl groups excluding tert-OH is 2. The van der Waals surface area contributed by atoms with E-state index in [-0.39, 0.29) is 18.5 Å². The lowest BCUT2D eigenvalue weighted by Gasteiger charge is -2.20. The zero-order chi connectivity index (χ0) is 57.8. The molecule has 6 heteroatoms. The molecule has 0 saturated heterocycles. The number of unbranched alkanes of at least 4 members (excludes halogenated alkanes) is 50. The van der Waals surface area contributed by atoms with Crippen molar-refractivity contribution in [3.05, 3.63) is 48.6 Å². The molecule has 2 atom stereocenters. The topological polar surface area (TPSA) is 95.9 Å². The first-order valence-corrected chi connectivity index (χ1v) is 35.9. The highest BCUT2D eigenvalue weighted by atomic mass is 16.5. The first-order chi connectivity index (χ1) is 39.5. The Bertz CT molecular complexity index is 1340. The molecule has 0 aliphatic carbocycles. The molecule has 0 fully saturated rings. The van der Waals surface area contributed by atoms with Gasteiger partial charge in [-0.1, -0.05) is 332 Å². The molecule has 0 aliphatic heterocycles. The molecule has 0 radical (unpaired) electrons. The van der Waals surface area contributed by atoms with Crippen LogP contribution in [-0.2, 0) is 14.3 Å². The molecule has 2 unspecified atom stereocenters. The fourth-order valence-corrected chi connectivity index (χ4v) is 11.1. The number of esters is 1. The molecular formula is C74H139NO5. The summed E-state index contributed by atoms with van der Waals surface area (Å²) in [6, 6.07) is -0.635. The number of allylic oxidation sites excluding steroid dienone is 7. The minimum atomic E-state index is -0.851. The van der Waals surface area contributed by atoms with Gasteiger partial charge in [0.1, 0.15) is 0 Å². The summed E-state index contributed by atoms with van der Waals surface area (Å²) in [5.41, 5.74) is 0. The molecule has 6 nitrogen and oxygen atoms in total. The van der Waals surface area contributed by atoms with Crippen molar-refractivity contribution < 1.29 is 24.5 Å². The van der Waals surface area contributed by atoms with Crippen LogP contribution in [0.1, 0.15) is 386 Å². The smallest absolute Gasteiger partial charge is 0.305 e. The Morgan fingerprint density at radius 2 is 0.625 bits per heavy atom. The van der Waals surface area contributed by atoms with Crippen LogP contribution in [0.3, 0.4) is 0 Å². The summed E-state index contributed by atoms with van der Waals surface area (Å²) in [6.45, 7) is 4.90. The summed E-state index contributed by atoms with van der Waals surface area (Å²) >= 11 is 0. The van der Waals surface area contributed by atoms with Crippen LogP contribution in [0.25, 0.3) is 0 Å². The molecule has 0 heterocycles. The Kier molecular flexibility index (Phi) is 67.4. The van der Waals surface area contributed by atoms with Crippen LogP contribution in [0.4, 0.5) is 0 Å². The number of aliphatic hydroxyl groups is 2. The summed E-state index contributed by atoms with van der Waals surface area (Å²) in [7, 11) is 0. The monoisotopic (exact) mass is 1120 g/mol. The lowest BCUT2D eigenvalue weighted by Crippen LogP contribution is -2.45. The number of hydrogen-bond acceptors (Lipinski definition) is 5. The second-order valence-corrected chi connectivity index (χ2v) is 24.6. The van der Waals surface area contributed by atoms with Crippen molar-refractivity contribution in [3.8, 4) is 0 Å². The second kappa shape index (κ2) is 69.3. The third-order valence-corrected chi connectivity index (χ3v) is 16.6. The van der Waals surface area contributed by atoms with E-state index in [1.165, 1.54) is 302 Å². The van der Waals surface area contributed by atoms with Gasteiger partial charge in [-0.2, -0.15) is 0 Å². The fourth-order valence-electron chi connectivity index (χ4n) is 11.1. The van der Waals surface area contributed by atoms with Gasteiger partial charge in [0.25, 0.3) is 0 Å². The van der Waals surface area contributed by atoms with Crippen molar-refractivity contribution in [2.75, 3.05) is 13.2 Å². The minimum Gasteiger partial charge on any atom is -0.466 e. The predicted octanol–water partition coefficient (Wildman–Crippen LogP) is 23.3. The Balaban J connectivity index is 3.44. The van der Waals surface area contributed by atoms with Crippen molar-refractivity contribution in [1.29, 1.82) is 0 Å². The number of hydrogen-bond donors (Lipinski definition) is 3. The Hall–Kier alpha value is -2.18.